The van der Waals surface area contributed by atoms with Crippen LogP contribution in [-0.2, 0) is 6.42 Å². The first-order valence-corrected chi connectivity index (χ1v) is 7.56. The van der Waals surface area contributed by atoms with Crippen LogP contribution in [0.15, 0.2) is 42.6 Å². The lowest BCUT2D eigenvalue weighted by Crippen LogP contribution is -2.22. The number of methoxy groups -OCH3 is 1. The second kappa shape index (κ2) is 6.17. The number of nitrogens with zero attached hydrogens (tertiary/aromatic N) is 2. The zero-order valence-electron chi connectivity index (χ0n) is 12.7. The van der Waals surface area contributed by atoms with Gasteiger partial charge in [-0.05, 0) is 55.0 Å². The van der Waals surface area contributed by atoms with Crippen molar-refractivity contribution in [3.63, 3.8) is 0 Å². The molecule has 1 aliphatic rings. The number of aromatic nitrogens is 1. The first-order valence-electron chi connectivity index (χ1n) is 7.56. The molecule has 0 aliphatic carbocycles. The molecule has 1 fully saturated rings. The van der Waals surface area contributed by atoms with E-state index in [1.165, 1.54) is 17.5 Å². The summed E-state index contributed by atoms with van der Waals surface area (Å²) >= 11 is 0. The quantitative estimate of drug-likeness (QED) is 0.858. The van der Waals surface area contributed by atoms with Crippen LogP contribution < -0.4 is 9.64 Å². The van der Waals surface area contributed by atoms with Crippen molar-refractivity contribution in [2.24, 2.45) is 5.92 Å². The molecule has 1 atom stereocenters. The van der Waals surface area contributed by atoms with Crippen LogP contribution in [0.2, 0.25) is 0 Å². The summed E-state index contributed by atoms with van der Waals surface area (Å²) in [5.74, 6) is 2.78. The van der Waals surface area contributed by atoms with Crippen molar-refractivity contribution in [1.29, 1.82) is 0 Å². The summed E-state index contributed by atoms with van der Waals surface area (Å²) in [6.45, 7) is 4.35. The molecule has 0 amide bonds. The molecule has 3 heteroatoms. The molecule has 3 rings (SSSR count). The highest BCUT2D eigenvalue weighted by molar-refractivity contribution is 5.46. The third-order valence-corrected chi connectivity index (χ3v) is 4.25. The van der Waals surface area contributed by atoms with E-state index in [-0.39, 0.29) is 0 Å². The van der Waals surface area contributed by atoms with Crippen LogP contribution in [0.4, 0.5) is 5.82 Å². The molecule has 1 aromatic heterocycles. The van der Waals surface area contributed by atoms with E-state index in [4.69, 9.17) is 4.74 Å². The minimum absolute atomic E-state index is 0.708. The second-order valence-electron chi connectivity index (χ2n) is 5.80. The van der Waals surface area contributed by atoms with E-state index in [2.05, 4.69) is 35.0 Å². The molecule has 3 nitrogen and oxygen atoms in total. The Morgan fingerprint density at radius 3 is 2.76 bits per heavy atom. The molecule has 0 radical (unpaired) electrons. The average molecular weight is 282 g/mol. The van der Waals surface area contributed by atoms with Gasteiger partial charge in [0.2, 0.25) is 0 Å². The van der Waals surface area contributed by atoms with Gasteiger partial charge in [0.15, 0.2) is 0 Å². The topological polar surface area (TPSA) is 25.4 Å². The molecule has 0 saturated carbocycles. The Morgan fingerprint density at radius 1 is 1.24 bits per heavy atom. The van der Waals surface area contributed by atoms with Crippen molar-refractivity contribution in [3.8, 4) is 5.75 Å². The number of rotatable bonds is 4. The molecule has 1 unspecified atom stereocenters. The van der Waals surface area contributed by atoms with E-state index in [0.717, 1.165) is 31.1 Å². The van der Waals surface area contributed by atoms with Gasteiger partial charge < -0.3 is 9.64 Å². The second-order valence-corrected chi connectivity index (χ2v) is 5.80. The first kappa shape index (κ1) is 13.9. The van der Waals surface area contributed by atoms with Crippen molar-refractivity contribution < 1.29 is 4.74 Å². The zero-order valence-corrected chi connectivity index (χ0v) is 12.7. The van der Waals surface area contributed by atoms with Crippen LogP contribution in [0, 0.1) is 12.8 Å². The normalized spacial score (nSPS) is 18.0. The van der Waals surface area contributed by atoms with Gasteiger partial charge in [-0.2, -0.15) is 0 Å². The number of hydrogen-bond donors (Lipinski definition) is 0. The third-order valence-electron chi connectivity index (χ3n) is 4.25. The molecular formula is C18H22N2O. The highest BCUT2D eigenvalue weighted by Gasteiger charge is 2.24. The molecule has 1 aliphatic heterocycles. The predicted octanol–water partition coefficient (Wildman–Crippen LogP) is 3.47. The number of anilines is 1. The fourth-order valence-electron chi connectivity index (χ4n) is 3.10. The van der Waals surface area contributed by atoms with E-state index in [1.54, 1.807) is 7.11 Å². The fraction of sp³-hybridized carbons (Fsp3) is 0.389. The molecule has 21 heavy (non-hydrogen) atoms. The highest BCUT2D eigenvalue weighted by atomic mass is 16.5. The average Bonchev–Trinajstić information content (AvgIpc) is 2.97. The summed E-state index contributed by atoms with van der Waals surface area (Å²) < 4.78 is 5.21. The van der Waals surface area contributed by atoms with Crippen LogP contribution in [0.1, 0.15) is 17.5 Å². The maximum Gasteiger partial charge on any atom is 0.131 e. The highest BCUT2D eigenvalue weighted by Crippen LogP contribution is 2.27. The number of aryl methyl sites for hydroxylation is 1. The van der Waals surface area contributed by atoms with Gasteiger partial charge in [-0.15, -0.1) is 0 Å². The van der Waals surface area contributed by atoms with Gasteiger partial charge in [0, 0.05) is 19.3 Å². The standard InChI is InChI=1S/C18H22N2O/c1-14-4-3-10-19-18(14)20-11-9-16(13-20)12-15-5-7-17(21-2)8-6-15/h3-8,10,16H,9,11-13H2,1-2H3. The van der Waals surface area contributed by atoms with Crippen LogP contribution in [0.3, 0.4) is 0 Å². The fourth-order valence-corrected chi connectivity index (χ4v) is 3.10. The molecule has 1 aromatic carbocycles. The molecule has 2 aromatic rings. The van der Waals surface area contributed by atoms with Gasteiger partial charge in [-0.1, -0.05) is 18.2 Å². The third kappa shape index (κ3) is 3.18. The van der Waals surface area contributed by atoms with Gasteiger partial charge in [-0.25, -0.2) is 4.98 Å². The molecule has 1 saturated heterocycles. The lowest BCUT2D eigenvalue weighted by atomic mass is 9.99. The Bertz CT molecular complexity index is 594. The van der Waals surface area contributed by atoms with E-state index >= 15 is 0 Å². The van der Waals surface area contributed by atoms with Crippen molar-refractivity contribution >= 4 is 5.82 Å². The lowest BCUT2D eigenvalue weighted by molar-refractivity contribution is 0.414. The Labute approximate surface area is 126 Å². The van der Waals surface area contributed by atoms with Gasteiger partial charge >= 0.3 is 0 Å². The summed E-state index contributed by atoms with van der Waals surface area (Å²) in [6, 6.07) is 12.6. The van der Waals surface area contributed by atoms with Gasteiger partial charge in [0.05, 0.1) is 7.11 Å². The van der Waals surface area contributed by atoms with Crippen molar-refractivity contribution in [2.75, 3.05) is 25.1 Å². The maximum atomic E-state index is 5.21. The Kier molecular flexibility index (Phi) is 4.09. The van der Waals surface area contributed by atoms with Crippen molar-refractivity contribution in [1.82, 2.24) is 4.98 Å². The zero-order chi connectivity index (χ0) is 14.7. The largest absolute Gasteiger partial charge is 0.497 e. The number of ether oxygens (including phenoxy) is 1. The first-order chi connectivity index (χ1) is 10.3. The molecule has 2 heterocycles. The summed E-state index contributed by atoms with van der Waals surface area (Å²) in [5, 5.41) is 0. The molecule has 0 spiro atoms. The Morgan fingerprint density at radius 2 is 2.05 bits per heavy atom. The van der Waals surface area contributed by atoms with Crippen LogP contribution >= 0.6 is 0 Å². The molecule has 0 bridgehead atoms. The summed E-state index contributed by atoms with van der Waals surface area (Å²) in [6.07, 6.45) is 4.26. The van der Waals surface area contributed by atoms with Crippen molar-refractivity contribution in [3.05, 3.63) is 53.7 Å². The summed E-state index contributed by atoms with van der Waals surface area (Å²) in [4.78, 5) is 6.95. The van der Waals surface area contributed by atoms with E-state index in [0.29, 0.717) is 5.92 Å². The van der Waals surface area contributed by atoms with E-state index in [9.17, 15) is 0 Å². The summed E-state index contributed by atoms with van der Waals surface area (Å²) in [7, 11) is 1.71. The summed E-state index contributed by atoms with van der Waals surface area (Å²) in [5.41, 5.74) is 2.66. The van der Waals surface area contributed by atoms with Crippen LogP contribution in [-0.4, -0.2) is 25.2 Å². The van der Waals surface area contributed by atoms with Crippen LogP contribution in [0.5, 0.6) is 5.75 Å². The van der Waals surface area contributed by atoms with Crippen LogP contribution in [0.25, 0.3) is 0 Å². The number of benzene rings is 1. The SMILES string of the molecule is COc1ccc(CC2CCN(c3ncccc3C)C2)cc1. The minimum atomic E-state index is 0.708. The van der Waals surface area contributed by atoms with Gasteiger partial charge in [0.1, 0.15) is 11.6 Å². The predicted molar refractivity (Wildman–Crippen MR) is 86.0 cm³/mol. The van der Waals surface area contributed by atoms with Gasteiger partial charge in [0.25, 0.3) is 0 Å². The molecule has 110 valence electrons. The minimum Gasteiger partial charge on any atom is -0.497 e. The van der Waals surface area contributed by atoms with E-state index in [1.807, 2.05) is 24.4 Å². The van der Waals surface area contributed by atoms with Crippen molar-refractivity contribution in [2.45, 2.75) is 19.8 Å². The number of hydrogen-bond acceptors (Lipinski definition) is 3. The smallest absolute Gasteiger partial charge is 0.131 e. The monoisotopic (exact) mass is 282 g/mol. The molecular weight excluding hydrogens is 260 g/mol. The van der Waals surface area contributed by atoms with E-state index < -0.39 is 0 Å². The maximum absolute atomic E-state index is 5.21. The molecule has 0 N–H and O–H groups in total. The Balaban J connectivity index is 1.63. The number of pyridine rings is 1. The lowest BCUT2D eigenvalue weighted by Gasteiger charge is -2.19. The Hall–Kier alpha value is -2.03. The van der Waals surface area contributed by atoms with Gasteiger partial charge in [-0.3, -0.25) is 0 Å².